The third-order valence-electron chi connectivity index (χ3n) is 6.55. The first-order valence-corrected chi connectivity index (χ1v) is 12.5. The number of nitrogens with two attached hydrogens (primary N) is 1. The Balaban J connectivity index is 2.12. The van der Waals surface area contributed by atoms with Gasteiger partial charge in [0, 0.05) is 23.5 Å². The first-order chi connectivity index (χ1) is 16.4. The topological polar surface area (TPSA) is 108 Å². The Morgan fingerprint density at radius 2 is 1.89 bits per heavy atom. The lowest BCUT2D eigenvalue weighted by atomic mass is 9.68. The molecule has 3 rings (SSSR count). The molecule has 6 N–H and O–H groups in total. The molecule has 1 aliphatic heterocycles. The van der Waals surface area contributed by atoms with Crippen molar-refractivity contribution in [3.05, 3.63) is 69.5 Å². The molecule has 0 radical (unpaired) electrons. The minimum absolute atomic E-state index is 0.0505. The number of carbonyl (C=O) groups excluding carboxylic acids is 1. The minimum Gasteiger partial charge on any atom is -0.394 e. The highest BCUT2D eigenvalue weighted by Crippen LogP contribution is 2.49. The van der Waals surface area contributed by atoms with Gasteiger partial charge in [0.2, 0.25) is 5.91 Å². The lowest BCUT2D eigenvalue weighted by Crippen LogP contribution is -2.52. The Morgan fingerprint density at radius 1 is 1.23 bits per heavy atom. The molecule has 2 aromatic carbocycles. The lowest BCUT2D eigenvalue weighted by molar-refractivity contribution is -0.123. The molecule has 1 amide bonds. The SMILES string of the molecule is CC(C)(C)CC1N[C@@H](C(=O)NCCC(O)CO)[C@H](c2cccc(Cl)c2F)C1(N)c1ccc(Cl)cc1. The Hall–Kier alpha value is -1.74. The van der Waals surface area contributed by atoms with Crippen LogP contribution in [0.25, 0.3) is 0 Å². The minimum atomic E-state index is -1.17. The van der Waals surface area contributed by atoms with Crippen LogP contribution in [-0.2, 0) is 10.3 Å². The molecular weight excluding hydrogens is 492 g/mol. The summed E-state index contributed by atoms with van der Waals surface area (Å²) in [5, 5.41) is 25.4. The van der Waals surface area contributed by atoms with Gasteiger partial charge in [-0.05, 0) is 47.6 Å². The summed E-state index contributed by atoms with van der Waals surface area (Å²) < 4.78 is 15.5. The summed E-state index contributed by atoms with van der Waals surface area (Å²) in [4.78, 5) is 13.4. The quantitative estimate of drug-likeness (QED) is 0.361. The average Bonchev–Trinajstić information content (AvgIpc) is 3.07. The molecule has 2 aromatic rings. The zero-order valence-corrected chi connectivity index (χ0v) is 21.7. The Labute approximate surface area is 216 Å². The molecular formula is C26H34Cl2FN3O3. The van der Waals surface area contributed by atoms with Crippen LogP contribution in [-0.4, -0.2) is 47.5 Å². The van der Waals surface area contributed by atoms with E-state index in [-0.39, 0.29) is 40.9 Å². The standard InChI is InChI=1S/C26H34Cl2FN3O3/c1-25(2,3)13-20-26(30,15-7-9-16(27)10-8-15)21(18-5-4-6-19(28)22(18)29)23(32-20)24(35)31-12-11-17(34)14-33/h4-10,17,20-21,23,32-34H,11-14,30H2,1-3H3,(H,31,35)/t17?,20?,21-,23+,26?/m0/s1. The Bertz CT molecular complexity index is 1030. The van der Waals surface area contributed by atoms with E-state index in [1.807, 2.05) is 12.1 Å². The van der Waals surface area contributed by atoms with Crippen molar-refractivity contribution in [3.8, 4) is 0 Å². The average molecular weight is 526 g/mol. The van der Waals surface area contributed by atoms with Crippen LogP contribution >= 0.6 is 23.2 Å². The molecule has 0 spiro atoms. The predicted octanol–water partition coefficient (Wildman–Crippen LogP) is 3.71. The fourth-order valence-corrected chi connectivity index (χ4v) is 5.20. The summed E-state index contributed by atoms with van der Waals surface area (Å²) in [6, 6.07) is 10.5. The van der Waals surface area contributed by atoms with Crippen molar-refractivity contribution < 1.29 is 19.4 Å². The van der Waals surface area contributed by atoms with Gasteiger partial charge in [-0.3, -0.25) is 4.79 Å². The fourth-order valence-electron chi connectivity index (χ4n) is 4.89. The second-order valence-corrected chi connectivity index (χ2v) is 11.3. The van der Waals surface area contributed by atoms with Crippen LogP contribution in [0.4, 0.5) is 4.39 Å². The van der Waals surface area contributed by atoms with E-state index in [0.29, 0.717) is 11.4 Å². The van der Waals surface area contributed by atoms with E-state index in [0.717, 1.165) is 5.56 Å². The Kier molecular flexibility index (Phi) is 8.84. The maximum atomic E-state index is 15.5. The van der Waals surface area contributed by atoms with Crippen LogP contribution in [0.5, 0.6) is 0 Å². The highest BCUT2D eigenvalue weighted by molar-refractivity contribution is 6.31. The van der Waals surface area contributed by atoms with Gasteiger partial charge in [-0.25, -0.2) is 4.39 Å². The number of hydrogen-bond donors (Lipinski definition) is 5. The molecule has 0 aromatic heterocycles. The van der Waals surface area contributed by atoms with E-state index in [1.54, 1.807) is 24.3 Å². The second-order valence-electron chi connectivity index (χ2n) is 10.4. The molecule has 192 valence electrons. The molecule has 0 aliphatic carbocycles. The molecule has 6 nitrogen and oxygen atoms in total. The number of benzene rings is 2. The van der Waals surface area contributed by atoms with Gasteiger partial charge in [0.15, 0.2) is 0 Å². The number of rotatable bonds is 8. The highest BCUT2D eigenvalue weighted by Gasteiger charge is 2.57. The highest BCUT2D eigenvalue weighted by atomic mass is 35.5. The monoisotopic (exact) mass is 525 g/mol. The molecule has 1 aliphatic rings. The van der Waals surface area contributed by atoms with Crippen molar-refractivity contribution >= 4 is 29.1 Å². The number of amides is 1. The fraction of sp³-hybridized carbons (Fsp3) is 0.500. The maximum Gasteiger partial charge on any atom is 0.237 e. The normalized spacial score (nSPS) is 25.5. The molecule has 0 saturated carbocycles. The van der Waals surface area contributed by atoms with Gasteiger partial charge in [0.25, 0.3) is 0 Å². The van der Waals surface area contributed by atoms with E-state index in [9.17, 15) is 9.90 Å². The summed E-state index contributed by atoms with van der Waals surface area (Å²) in [6.45, 7) is 5.98. The van der Waals surface area contributed by atoms with E-state index < -0.39 is 36.0 Å². The zero-order chi connectivity index (χ0) is 26.0. The van der Waals surface area contributed by atoms with Crippen molar-refractivity contribution in [2.24, 2.45) is 11.1 Å². The third kappa shape index (κ3) is 6.16. The van der Waals surface area contributed by atoms with Gasteiger partial charge < -0.3 is 26.6 Å². The molecule has 9 heteroatoms. The van der Waals surface area contributed by atoms with Crippen LogP contribution in [0, 0.1) is 11.2 Å². The number of carbonyl (C=O) groups is 1. The summed E-state index contributed by atoms with van der Waals surface area (Å²) in [5.74, 6) is -1.79. The van der Waals surface area contributed by atoms with Crippen LogP contribution in [0.15, 0.2) is 42.5 Å². The molecule has 1 heterocycles. The van der Waals surface area contributed by atoms with Crippen molar-refractivity contribution in [2.75, 3.05) is 13.2 Å². The first-order valence-electron chi connectivity index (χ1n) is 11.7. The van der Waals surface area contributed by atoms with E-state index in [4.69, 9.17) is 34.0 Å². The molecule has 1 fully saturated rings. The van der Waals surface area contributed by atoms with Crippen LogP contribution in [0.2, 0.25) is 10.0 Å². The number of halogens is 3. The Morgan fingerprint density at radius 3 is 2.49 bits per heavy atom. The predicted molar refractivity (Wildman–Crippen MR) is 137 cm³/mol. The lowest BCUT2D eigenvalue weighted by Gasteiger charge is -2.39. The van der Waals surface area contributed by atoms with Crippen molar-refractivity contribution in [1.82, 2.24) is 10.6 Å². The molecule has 3 unspecified atom stereocenters. The van der Waals surface area contributed by atoms with Crippen molar-refractivity contribution in [3.63, 3.8) is 0 Å². The van der Waals surface area contributed by atoms with Gasteiger partial charge in [-0.1, -0.05) is 68.2 Å². The van der Waals surface area contributed by atoms with E-state index in [1.165, 1.54) is 6.07 Å². The number of aliphatic hydroxyl groups is 2. The maximum absolute atomic E-state index is 15.5. The summed E-state index contributed by atoms with van der Waals surface area (Å²) in [7, 11) is 0. The largest absolute Gasteiger partial charge is 0.394 e. The van der Waals surface area contributed by atoms with Gasteiger partial charge in [-0.2, -0.15) is 0 Å². The molecule has 35 heavy (non-hydrogen) atoms. The van der Waals surface area contributed by atoms with Crippen LogP contribution in [0.1, 0.15) is 50.7 Å². The molecule has 5 atom stereocenters. The van der Waals surface area contributed by atoms with Gasteiger partial charge >= 0.3 is 0 Å². The van der Waals surface area contributed by atoms with Gasteiger partial charge in [-0.15, -0.1) is 0 Å². The van der Waals surface area contributed by atoms with Crippen LogP contribution < -0.4 is 16.4 Å². The number of nitrogens with one attached hydrogen (secondary N) is 2. The van der Waals surface area contributed by atoms with Crippen molar-refractivity contribution in [1.29, 1.82) is 0 Å². The number of hydrogen-bond acceptors (Lipinski definition) is 5. The van der Waals surface area contributed by atoms with Gasteiger partial charge in [0.1, 0.15) is 5.82 Å². The molecule has 0 bridgehead atoms. The molecule has 1 saturated heterocycles. The van der Waals surface area contributed by atoms with E-state index in [2.05, 4.69) is 31.4 Å². The summed E-state index contributed by atoms with van der Waals surface area (Å²) in [6.07, 6.45) is -0.149. The van der Waals surface area contributed by atoms with Gasteiger partial charge in [0.05, 0.1) is 29.3 Å². The summed E-state index contributed by atoms with van der Waals surface area (Å²) >= 11 is 12.3. The third-order valence-corrected chi connectivity index (χ3v) is 7.10. The zero-order valence-electron chi connectivity index (χ0n) is 20.2. The smallest absolute Gasteiger partial charge is 0.237 e. The second kappa shape index (κ2) is 11.1. The first kappa shape index (κ1) is 27.8. The van der Waals surface area contributed by atoms with Crippen molar-refractivity contribution in [2.45, 2.75) is 63.3 Å². The summed E-state index contributed by atoms with van der Waals surface area (Å²) in [5.41, 5.74) is 6.88. The van der Waals surface area contributed by atoms with E-state index >= 15 is 4.39 Å². The number of aliphatic hydroxyl groups excluding tert-OH is 2. The van der Waals surface area contributed by atoms with Crippen LogP contribution in [0.3, 0.4) is 0 Å².